The molecule has 2 heterocycles. The predicted octanol–water partition coefficient (Wildman–Crippen LogP) is 0.692. The maximum atomic E-state index is 5.65. The van der Waals surface area contributed by atoms with Gasteiger partial charge in [-0.15, -0.1) is 0 Å². The van der Waals surface area contributed by atoms with E-state index in [1.54, 1.807) is 6.20 Å². The number of imidazole rings is 1. The van der Waals surface area contributed by atoms with Gasteiger partial charge in [0.15, 0.2) is 0 Å². The fourth-order valence-electron chi connectivity index (χ4n) is 2.18. The Morgan fingerprint density at radius 1 is 1.50 bits per heavy atom. The minimum atomic E-state index is -0.00796. The van der Waals surface area contributed by atoms with E-state index in [4.69, 9.17) is 5.84 Å². The molecule has 6 nitrogen and oxygen atoms in total. The number of rotatable bonds is 5. The van der Waals surface area contributed by atoms with Crippen molar-refractivity contribution in [1.29, 1.82) is 0 Å². The summed E-state index contributed by atoms with van der Waals surface area (Å²) >= 11 is 0. The van der Waals surface area contributed by atoms with Gasteiger partial charge in [0.2, 0.25) is 0 Å². The molecule has 0 saturated carbocycles. The van der Waals surface area contributed by atoms with E-state index in [-0.39, 0.29) is 6.04 Å². The lowest BCUT2D eigenvalue weighted by molar-refractivity contribution is 0.484. The van der Waals surface area contributed by atoms with Crippen molar-refractivity contribution in [2.24, 2.45) is 12.9 Å². The first kappa shape index (κ1) is 12.8. The molecule has 98 valence electrons. The van der Waals surface area contributed by atoms with Crippen molar-refractivity contribution in [2.75, 3.05) is 0 Å². The molecular weight excluding hydrogens is 228 g/mol. The van der Waals surface area contributed by atoms with Crippen LogP contribution in [0.5, 0.6) is 0 Å². The van der Waals surface area contributed by atoms with Crippen molar-refractivity contribution in [1.82, 2.24) is 24.8 Å². The molecule has 2 aromatic rings. The average molecular weight is 248 g/mol. The van der Waals surface area contributed by atoms with Crippen LogP contribution in [0.25, 0.3) is 0 Å². The average Bonchev–Trinajstić information content (AvgIpc) is 2.92. The van der Waals surface area contributed by atoms with Crippen LogP contribution >= 0.6 is 0 Å². The first-order valence-corrected chi connectivity index (χ1v) is 6.12. The third kappa shape index (κ3) is 2.44. The van der Waals surface area contributed by atoms with Gasteiger partial charge in [0.05, 0.1) is 11.7 Å². The zero-order chi connectivity index (χ0) is 13.1. The maximum Gasteiger partial charge on any atom is 0.127 e. The van der Waals surface area contributed by atoms with Gasteiger partial charge < -0.3 is 4.57 Å². The van der Waals surface area contributed by atoms with Crippen LogP contribution in [0.1, 0.15) is 30.2 Å². The highest BCUT2D eigenvalue weighted by Crippen LogP contribution is 2.16. The van der Waals surface area contributed by atoms with Gasteiger partial charge in [-0.1, -0.05) is 0 Å². The molecule has 2 rings (SSSR count). The van der Waals surface area contributed by atoms with Gasteiger partial charge in [0.25, 0.3) is 0 Å². The van der Waals surface area contributed by atoms with Gasteiger partial charge in [-0.25, -0.2) is 10.4 Å². The minimum Gasteiger partial charge on any atom is -0.337 e. The van der Waals surface area contributed by atoms with Gasteiger partial charge in [-0.2, -0.15) is 5.10 Å². The van der Waals surface area contributed by atoms with Gasteiger partial charge in [-0.3, -0.25) is 10.5 Å². The predicted molar refractivity (Wildman–Crippen MR) is 69.6 cm³/mol. The van der Waals surface area contributed by atoms with E-state index in [1.165, 1.54) is 5.69 Å². The summed E-state index contributed by atoms with van der Waals surface area (Å²) in [7, 11) is 1.97. The molecule has 0 aromatic carbocycles. The molecule has 0 bridgehead atoms. The van der Waals surface area contributed by atoms with Crippen LogP contribution in [0, 0.1) is 6.92 Å². The van der Waals surface area contributed by atoms with E-state index in [0.717, 1.165) is 24.5 Å². The van der Waals surface area contributed by atoms with E-state index in [0.29, 0.717) is 0 Å². The van der Waals surface area contributed by atoms with Crippen molar-refractivity contribution in [2.45, 2.75) is 32.9 Å². The Morgan fingerprint density at radius 2 is 2.28 bits per heavy atom. The summed E-state index contributed by atoms with van der Waals surface area (Å²) in [5, 5.41) is 4.44. The van der Waals surface area contributed by atoms with Gasteiger partial charge in [0, 0.05) is 38.1 Å². The summed E-state index contributed by atoms with van der Waals surface area (Å²) in [5.41, 5.74) is 5.03. The van der Waals surface area contributed by atoms with E-state index >= 15 is 0 Å². The molecule has 1 atom stereocenters. The molecule has 0 spiro atoms. The van der Waals surface area contributed by atoms with Crippen LogP contribution in [0.15, 0.2) is 18.5 Å². The number of nitrogens with two attached hydrogens (primary N) is 1. The van der Waals surface area contributed by atoms with E-state index in [9.17, 15) is 0 Å². The second-order valence-corrected chi connectivity index (χ2v) is 4.41. The van der Waals surface area contributed by atoms with Gasteiger partial charge in [0.1, 0.15) is 5.82 Å². The van der Waals surface area contributed by atoms with Gasteiger partial charge >= 0.3 is 0 Å². The molecule has 0 aliphatic rings. The van der Waals surface area contributed by atoms with Crippen LogP contribution < -0.4 is 11.3 Å². The molecule has 0 radical (unpaired) electrons. The Hall–Kier alpha value is -1.66. The highest BCUT2D eigenvalue weighted by Gasteiger charge is 2.17. The SMILES string of the molecule is CCn1nc(C)cc1CC(NN)c1nccn1C. The quantitative estimate of drug-likeness (QED) is 0.603. The number of aromatic nitrogens is 4. The third-order valence-electron chi connectivity index (χ3n) is 3.07. The molecule has 0 amide bonds. The molecule has 2 aromatic heterocycles. The number of aryl methyl sites for hydroxylation is 3. The van der Waals surface area contributed by atoms with Crippen LogP contribution in [0.2, 0.25) is 0 Å². The standard InChI is InChI=1S/C12H20N6/c1-4-18-10(7-9(2)16-18)8-11(15-13)12-14-5-6-17(12)3/h5-7,11,15H,4,8,13H2,1-3H3. The fraction of sp³-hybridized carbons (Fsp3) is 0.500. The first-order chi connectivity index (χ1) is 8.65. The lowest BCUT2D eigenvalue weighted by Gasteiger charge is -2.16. The Kier molecular flexibility index (Phi) is 3.78. The van der Waals surface area contributed by atoms with Crippen molar-refractivity contribution < 1.29 is 0 Å². The molecule has 1 unspecified atom stereocenters. The second kappa shape index (κ2) is 5.32. The summed E-state index contributed by atoms with van der Waals surface area (Å²) in [4.78, 5) is 4.34. The Balaban J connectivity index is 2.23. The van der Waals surface area contributed by atoms with Gasteiger partial charge in [-0.05, 0) is 19.9 Å². The molecule has 3 N–H and O–H groups in total. The molecule has 0 aliphatic carbocycles. The topological polar surface area (TPSA) is 73.7 Å². The highest BCUT2D eigenvalue weighted by atomic mass is 15.3. The second-order valence-electron chi connectivity index (χ2n) is 4.41. The van der Waals surface area contributed by atoms with E-state index < -0.39 is 0 Å². The monoisotopic (exact) mass is 248 g/mol. The number of hydrazine groups is 1. The zero-order valence-electron chi connectivity index (χ0n) is 11.1. The number of nitrogens with one attached hydrogen (secondary N) is 1. The molecular formula is C12H20N6. The Bertz CT molecular complexity index is 512. The van der Waals surface area contributed by atoms with Crippen LogP contribution in [-0.2, 0) is 20.0 Å². The Morgan fingerprint density at radius 3 is 2.83 bits per heavy atom. The lowest BCUT2D eigenvalue weighted by Crippen LogP contribution is -2.32. The first-order valence-electron chi connectivity index (χ1n) is 6.12. The van der Waals surface area contributed by atoms with E-state index in [2.05, 4.69) is 28.5 Å². The molecule has 0 saturated heterocycles. The van der Waals surface area contributed by atoms with Crippen molar-refractivity contribution in [3.8, 4) is 0 Å². The number of hydrogen-bond acceptors (Lipinski definition) is 4. The van der Waals surface area contributed by atoms with Crippen LogP contribution in [0.3, 0.4) is 0 Å². The summed E-state index contributed by atoms with van der Waals surface area (Å²) in [6.07, 6.45) is 4.47. The zero-order valence-corrected chi connectivity index (χ0v) is 11.1. The van der Waals surface area contributed by atoms with Crippen LogP contribution in [0.4, 0.5) is 0 Å². The van der Waals surface area contributed by atoms with Crippen molar-refractivity contribution in [3.63, 3.8) is 0 Å². The number of hydrogen-bond donors (Lipinski definition) is 2. The highest BCUT2D eigenvalue weighted by molar-refractivity contribution is 5.13. The lowest BCUT2D eigenvalue weighted by atomic mass is 10.1. The Labute approximate surface area is 107 Å². The summed E-state index contributed by atoms with van der Waals surface area (Å²) in [6.45, 7) is 4.95. The minimum absolute atomic E-state index is 0.00796. The summed E-state index contributed by atoms with van der Waals surface area (Å²) < 4.78 is 3.98. The summed E-state index contributed by atoms with van der Waals surface area (Å²) in [5.74, 6) is 6.58. The fourth-order valence-corrected chi connectivity index (χ4v) is 2.18. The summed E-state index contributed by atoms with van der Waals surface area (Å²) in [6, 6.07) is 2.09. The number of nitrogens with zero attached hydrogens (tertiary/aromatic N) is 4. The molecule has 18 heavy (non-hydrogen) atoms. The molecule has 6 heteroatoms. The third-order valence-corrected chi connectivity index (χ3v) is 3.07. The van der Waals surface area contributed by atoms with Crippen molar-refractivity contribution >= 4 is 0 Å². The van der Waals surface area contributed by atoms with Crippen molar-refractivity contribution in [3.05, 3.63) is 35.7 Å². The smallest absolute Gasteiger partial charge is 0.127 e. The van der Waals surface area contributed by atoms with E-state index in [1.807, 2.05) is 29.4 Å². The normalized spacial score (nSPS) is 12.9. The molecule has 0 fully saturated rings. The maximum absolute atomic E-state index is 5.65. The van der Waals surface area contributed by atoms with Crippen LogP contribution in [-0.4, -0.2) is 19.3 Å². The molecule has 0 aliphatic heterocycles. The largest absolute Gasteiger partial charge is 0.337 e.